The molecule has 0 radical (unpaired) electrons. The van der Waals surface area contributed by atoms with Crippen molar-refractivity contribution >= 4 is 15.9 Å². The number of fused-ring (bicyclic) bond motifs is 1. The van der Waals surface area contributed by atoms with Crippen molar-refractivity contribution in [2.45, 2.75) is 51.5 Å². The minimum atomic E-state index is -3.33. The summed E-state index contributed by atoms with van der Waals surface area (Å²) in [6.45, 7) is 5.46. The Kier molecular flexibility index (Phi) is 5.62. The highest BCUT2D eigenvalue weighted by molar-refractivity contribution is 7.89. The molecule has 3 rings (SSSR count). The largest absolute Gasteiger partial charge is 0.328 e. The maximum atomic E-state index is 12.8. The van der Waals surface area contributed by atoms with Crippen LogP contribution in [0.15, 0.2) is 11.8 Å². The normalized spacial score (nSPS) is 28.7. The molecule has 3 aliphatic heterocycles. The van der Waals surface area contributed by atoms with Crippen molar-refractivity contribution in [2.75, 3.05) is 31.9 Å². The summed E-state index contributed by atoms with van der Waals surface area (Å²) in [7, 11) is -3.33. The molecule has 0 spiro atoms. The quantitative estimate of drug-likeness (QED) is 0.747. The molecule has 0 aromatic heterocycles. The van der Waals surface area contributed by atoms with Crippen LogP contribution < -0.4 is 5.32 Å². The third kappa shape index (κ3) is 3.68. The molecule has 0 aromatic carbocycles. The van der Waals surface area contributed by atoms with E-state index >= 15 is 0 Å². The van der Waals surface area contributed by atoms with Crippen LogP contribution in [0.2, 0.25) is 0 Å². The van der Waals surface area contributed by atoms with Crippen LogP contribution in [0.4, 0.5) is 0 Å². The monoisotopic (exact) mass is 355 g/mol. The summed E-state index contributed by atoms with van der Waals surface area (Å²) in [5, 5.41) is 2.87. The fourth-order valence-electron chi connectivity index (χ4n) is 4.16. The predicted molar refractivity (Wildman–Crippen MR) is 93.8 cm³/mol. The first-order valence-electron chi connectivity index (χ1n) is 9.25. The van der Waals surface area contributed by atoms with Crippen LogP contribution in [0.5, 0.6) is 0 Å². The Morgan fingerprint density at radius 2 is 2.00 bits per heavy atom. The number of nitrogens with zero attached hydrogens (tertiary/aromatic N) is 2. The summed E-state index contributed by atoms with van der Waals surface area (Å²) < 4.78 is 27.2. The predicted octanol–water partition coefficient (Wildman–Crippen LogP) is 1.31. The van der Waals surface area contributed by atoms with Gasteiger partial charge in [0.2, 0.25) is 15.9 Å². The van der Waals surface area contributed by atoms with Gasteiger partial charge in [0.05, 0.1) is 17.7 Å². The Labute approximate surface area is 145 Å². The molecule has 1 amide bonds. The van der Waals surface area contributed by atoms with E-state index < -0.39 is 10.0 Å². The van der Waals surface area contributed by atoms with E-state index in [9.17, 15) is 13.2 Å². The highest BCUT2D eigenvalue weighted by atomic mass is 32.2. The molecule has 2 fully saturated rings. The molecular formula is C17H29N3O3S. The average molecular weight is 356 g/mol. The molecular weight excluding hydrogens is 326 g/mol. The van der Waals surface area contributed by atoms with Gasteiger partial charge in [-0.25, -0.2) is 8.42 Å². The van der Waals surface area contributed by atoms with Gasteiger partial charge < -0.3 is 10.2 Å². The zero-order valence-corrected chi connectivity index (χ0v) is 15.4. The van der Waals surface area contributed by atoms with Crippen molar-refractivity contribution in [3.8, 4) is 0 Å². The molecule has 2 atom stereocenters. The lowest BCUT2D eigenvalue weighted by molar-refractivity contribution is -0.123. The number of carbonyl (C=O) groups excluding carboxylic acids is 1. The van der Waals surface area contributed by atoms with Gasteiger partial charge in [-0.15, -0.1) is 0 Å². The van der Waals surface area contributed by atoms with E-state index in [2.05, 4.69) is 10.2 Å². The minimum absolute atomic E-state index is 0.0266. The Hall–Kier alpha value is -0.920. The van der Waals surface area contributed by atoms with Gasteiger partial charge in [0.15, 0.2) is 0 Å². The smallest absolute Gasteiger partial charge is 0.229 e. The van der Waals surface area contributed by atoms with E-state index in [0.29, 0.717) is 13.0 Å². The summed E-state index contributed by atoms with van der Waals surface area (Å²) in [5.41, 5.74) is 0.790. The van der Waals surface area contributed by atoms with E-state index in [1.807, 2.05) is 13.0 Å². The van der Waals surface area contributed by atoms with Crippen molar-refractivity contribution in [2.24, 2.45) is 5.92 Å². The molecule has 0 saturated carbocycles. The highest BCUT2D eigenvalue weighted by Gasteiger charge is 2.47. The molecule has 6 nitrogen and oxygen atoms in total. The topological polar surface area (TPSA) is 69.7 Å². The SMILES string of the molecule is CCC[C@H]1C(=O)NC2=CCN(S(=O)(=O)CCCN3CCCCC3)[C@@H]21. The average Bonchev–Trinajstić information content (AvgIpc) is 3.09. The van der Waals surface area contributed by atoms with Gasteiger partial charge in [0.25, 0.3) is 0 Å². The molecule has 0 aromatic rings. The Balaban J connectivity index is 1.59. The molecule has 2 saturated heterocycles. The Morgan fingerprint density at radius 3 is 2.71 bits per heavy atom. The minimum Gasteiger partial charge on any atom is -0.328 e. The van der Waals surface area contributed by atoms with Crippen LogP contribution in [0, 0.1) is 5.92 Å². The number of likely N-dealkylation sites (tertiary alicyclic amines) is 1. The zero-order chi connectivity index (χ0) is 17.2. The number of hydrogen-bond donors (Lipinski definition) is 1. The van der Waals surface area contributed by atoms with Crippen LogP contribution in [-0.2, 0) is 14.8 Å². The molecule has 0 unspecified atom stereocenters. The van der Waals surface area contributed by atoms with Crippen molar-refractivity contribution in [3.63, 3.8) is 0 Å². The van der Waals surface area contributed by atoms with Gasteiger partial charge >= 0.3 is 0 Å². The summed E-state index contributed by atoms with van der Waals surface area (Å²) in [6, 6.07) is -0.294. The second kappa shape index (κ2) is 7.54. The summed E-state index contributed by atoms with van der Waals surface area (Å²) in [4.78, 5) is 14.5. The van der Waals surface area contributed by atoms with Gasteiger partial charge in [-0.3, -0.25) is 4.79 Å². The van der Waals surface area contributed by atoms with E-state index in [0.717, 1.165) is 38.2 Å². The van der Waals surface area contributed by atoms with E-state index in [1.165, 1.54) is 19.3 Å². The molecule has 3 aliphatic rings. The van der Waals surface area contributed by atoms with E-state index in [4.69, 9.17) is 0 Å². The third-order valence-corrected chi connectivity index (χ3v) is 7.28. The maximum Gasteiger partial charge on any atom is 0.229 e. The fourth-order valence-corrected chi connectivity index (χ4v) is 5.79. The van der Waals surface area contributed by atoms with Crippen LogP contribution in [0.25, 0.3) is 0 Å². The summed E-state index contributed by atoms with van der Waals surface area (Å²) in [5.74, 6) is -0.0873. The number of piperidine rings is 1. The van der Waals surface area contributed by atoms with Gasteiger partial charge in [0, 0.05) is 12.2 Å². The van der Waals surface area contributed by atoms with Gasteiger partial charge in [0.1, 0.15) is 0 Å². The first kappa shape index (κ1) is 17.9. The summed E-state index contributed by atoms with van der Waals surface area (Å²) in [6.07, 6.45) is 7.87. The van der Waals surface area contributed by atoms with Gasteiger partial charge in [-0.2, -0.15) is 4.31 Å². The lowest BCUT2D eigenvalue weighted by Crippen LogP contribution is -2.42. The zero-order valence-electron chi connectivity index (χ0n) is 14.5. The molecule has 24 heavy (non-hydrogen) atoms. The fraction of sp³-hybridized carbons (Fsp3) is 0.824. The molecule has 0 bridgehead atoms. The first-order valence-corrected chi connectivity index (χ1v) is 10.9. The molecule has 3 heterocycles. The number of nitrogens with one attached hydrogen (secondary N) is 1. The van der Waals surface area contributed by atoms with Crippen LogP contribution >= 0.6 is 0 Å². The highest BCUT2D eigenvalue weighted by Crippen LogP contribution is 2.34. The Bertz CT molecular complexity index is 596. The molecule has 136 valence electrons. The third-order valence-electron chi connectivity index (χ3n) is 5.39. The number of sulfonamides is 1. The van der Waals surface area contributed by atoms with Crippen molar-refractivity contribution in [1.29, 1.82) is 0 Å². The maximum absolute atomic E-state index is 12.8. The van der Waals surface area contributed by atoms with Crippen molar-refractivity contribution in [1.82, 2.24) is 14.5 Å². The summed E-state index contributed by atoms with van der Waals surface area (Å²) >= 11 is 0. The standard InChI is InChI=1S/C17H29N3O3S/c1-2-7-14-16-15(18-17(14)21)8-12-20(16)24(22,23)13-6-11-19-9-4-3-5-10-19/h8,14,16H,2-7,9-13H2,1H3,(H,18,21)/t14-,16-/m1/s1. The van der Waals surface area contributed by atoms with Crippen LogP contribution in [0.1, 0.15) is 45.4 Å². The van der Waals surface area contributed by atoms with Crippen LogP contribution in [0.3, 0.4) is 0 Å². The lowest BCUT2D eigenvalue weighted by Gasteiger charge is -2.28. The van der Waals surface area contributed by atoms with Gasteiger partial charge in [-0.1, -0.05) is 19.8 Å². The van der Waals surface area contributed by atoms with Crippen LogP contribution in [-0.4, -0.2) is 61.5 Å². The Morgan fingerprint density at radius 1 is 1.25 bits per heavy atom. The van der Waals surface area contributed by atoms with Crippen molar-refractivity contribution in [3.05, 3.63) is 11.8 Å². The van der Waals surface area contributed by atoms with Crippen molar-refractivity contribution < 1.29 is 13.2 Å². The molecule has 0 aliphatic carbocycles. The first-order chi connectivity index (χ1) is 11.5. The number of carbonyl (C=O) groups is 1. The second-order valence-corrected chi connectivity index (χ2v) is 9.17. The van der Waals surface area contributed by atoms with E-state index in [1.54, 1.807) is 4.31 Å². The van der Waals surface area contributed by atoms with E-state index in [-0.39, 0.29) is 23.6 Å². The number of hydrogen-bond acceptors (Lipinski definition) is 4. The molecule has 1 N–H and O–H groups in total. The lowest BCUT2D eigenvalue weighted by atomic mass is 9.97. The van der Waals surface area contributed by atoms with Gasteiger partial charge in [-0.05, 0) is 51.4 Å². The number of rotatable bonds is 7. The second-order valence-electron chi connectivity index (χ2n) is 7.13. The number of amides is 1. The molecule has 7 heteroatoms.